The minimum atomic E-state index is -0.260. The number of likely N-dealkylation sites (N-methyl/N-ethyl adjacent to an activating group) is 1. The van der Waals surface area contributed by atoms with Crippen molar-refractivity contribution in [2.24, 2.45) is 0 Å². The molecule has 1 unspecified atom stereocenters. The van der Waals surface area contributed by atoms with Crippen LogP contribution in [0.3, 0.4) is 0 Å². The Morgan fingerprint density at radius 2 is 2.38 bits per heavy atom. The number of aliphatic hydroxyl groups excluding tert-OH is 1. The fraction of sp³-hybridized carbons (Fsp3) is 0.556. The zero-order valence-electron chi connectivity index (χ0n) is 7.83. The van der Waals surface area contributed by atoms with E-state index in [1.54, 1.807) is 18.3 Å². The van der Waals surface area contributed by atoms with E-state index in [4.69, 9.17) is 0 Å². The van der Waals surface area contributed by atoms with Gasteiger partial charge in [-0.1, -0.05) is 0 Å². The van der Waals surface area contributed by atoms with Gasteiger partial charge in [0.05, 0.1) is 6.10 Å². The Morgan fingerprint density at radius 1 is 1.69 bits per heavy atom. The summed E-state index contributed by atoms with van der Waals surface area (Å²) in [5.74, 6) is 0. The Labute approximate surface area is 91.3 Å². The zero-order chi connectivity index (χ0) is 9.84. The van der Waals surface area contributed by atoms with Crippen LogP contribution in [-0.4, -0.2) is 29.7 Å². The molecule has 0 aromatic carbocycles. The van der Waals surface area contributed by atoms with E-state index in [0.717, 1.165) is 11.0 Å². The van der Waals surface area contributed by atoms with Gasteiger partial charge in [-0.05, 0) is 41.3 Å². The number of rotatable bonds is 4. The molecule has 0 aliphatic rings. The van der Waals surface area contributed by atoms with E-state index in [0.29, 0.717) is 6.54 Å². The second kappa shape index (κ2) is 5.10. The molecule has 1 heterocycles. The van der Waals surface area contributed by atoms with Gasteiger partial charge in [0.15, 0.2) is 0 Å². The topological polar surface area (TPSA) is 23.5 Å². The van der Waals surface area contributed by atoms with Crippen molar-refractivity contribution in [2.45, 2.75) is 19.6 Å². The molecule has 1 atom stereocenters. The molecular weight excluding hydrogens is 250 g/mol. The molecule has 4 heteroatoms. The van der Waals surface area contributed by atoms with Crippen molar-refractivity contribution in [3.8, 4) is 0 Å². The lowest BCUT2D eigenvalue weighted by Gasteiger charge is -2.17. The SMILES string of the molecule is CC(O)CN(C)Cc1sccc1Br. The van der Waals surface area contributed by atoms with E-state index >= 15 is 0 Å². The summed E-state index contributed by atoms with van der Waals surface area (Å²) in [7, 11) is 2.01. The van der Waals surface area contributed by atoms with Gasteiger partial charge < -0.3 is 5.11 Å². The largest absolute Gasteiger partial charge is 0.392 e. The average molecular weight is 264 g/mol. The van der Waals surface area contributed by atoms with Gasteiger partial charge in [-0.15, -0.1) is 11.3 Å². The first kappa shape index (κ1) is 11.2. The van der Waals surface area contributed by atoms with Crippen LogP contribution in [0.25, 0.3) is 0 Å². The maximum absolute atomic E-state index is 9.17. The Hall–Kier alpha value is 0.100. The van der Waals surface area contributed by atoms with E-state index in [1.165, 1.54) is 4.88 Å². The van der Waals surface area contributed by atoms with Crippen LogP contribution < -0.4 is 0 Å². The number of thiophene rings is 1. The van der Waals surface area contributed by atoms with Crippen molar-refractivity contribution in [3.05, 3.63) is 20.8 Å². The molecule has 74 valence electrons. The lowest BCUT2D eigenvalue weighted by atomic mass is 10.3. The molecule has 1 N–H and O–H groups in total. The fourth-order valence-electron chi connectivity index (χ4n) is 1.20. The molecule has 0 fully saturated rings. The molecule has 0 aliphatic carbocycles. The van der Waals surface area contributed by atoms with Gasteiger partial charge in [-0.25, -0.2) is 0 Å². The van der Waals surface area contributed by atoms with Crippen molar-refractivity contribution < 1.29 is 5.11 Å². The fourth-order valence-corrected chi connectivity index (χ4v) is 2.76. The molecule has 0 aliphatic heterocycles. The van der Waals surface area contributed by atoms with Gasteiger partial charge in [0.25, 0.3) is 0 Å². The summed E-state index contributed by atoms with van der Waals surface area (Å²) in [6.07, 6.45) is -0.260. The summed E-state index contributed by atoms with van der Waals surface area (Å²) in [4.78, 5) is 3.42. The van der Waals surface area contributed by atoms with Gasteiger partial charge in [0, 0.05) is 22.4 Å². The van der Waals surface area contributed by atoms with E-state index in [9.17, 15) is 5.11 Å². The molecule has 0 bridgehead atoms. The van der Waals surface area contributed by atoms with Crippen molar-refractivity contribution in [1.82, 2.24) is 4.90 Å². The van der Waals surface area contributed by atoms with E-state index < -0.39 is 0 Å². The average Bonchev–Trinajstić information content (AvgIpc) is 2.34. The summed E-state index contributed by atoms with van der Waals surface area (Å²) in [5.41, 5.74) is 0. The van der Waals surface area contributed by atoms with E-state index in [-0.39, 0.29) is 6.10 Å². The van der Waals surface area contributed by atoms with Gasteiger partial charge in [-0.3, -0.25) is 4.90 Å². The molecular formula is C9H14BrNOS. The van der Waals surface area contributed by atoms with Crippen LogP contribution in [0.5, 0.6) is 0 Å². The summed E-state index contributed by atoms with van der Waals surface area (Å²) in [6.45, 7) is 3.41. The van der Waals surface area contributed by atoms with Crippen LogP contribution in [0.4, 0.5) is 0 Å². The molecule has 1 aromatic heterocycles. The molecule has 0 amide bonds. The highest BCUT2D eigenvalue weighted by Crippen LogP contribution is 2.23. The van der Waals surface area contributed by atoms with Gasteiger partial charge in [0.1, 0.15) is 0 Å². The maximum Gasteiger partial charge on any atom is 0.0639 e. The zero-order valence-corrected chi connectivity index (χ0v) is 10.2. The van der Waals surface area contributed by atoms with Gasteiger partial charge in [-0.2, -0.15) is 0 Å². The first-order valence-corrected chi connectivity index (χ1v) is 5.85. The summed E-state index contributed by atoms with van der Waals surface area (Å²) in [5, 5.41) is 11.2. The van der Waals surface area contributed by atoms with Crippen molar-refractivity contribution >= 4 is 27.3 Å². The molecule has 1 aromatic rings. The van der Waals surface area contributed by atoms with Crippen LogP contribution in [-0.2, 0) is 6.54 Å². The highest BCUT2D eigenvalue weighted by Gasteiger charge is 2.07. The predicted molar refractivity (Wildman–Crippen MR) is 60.0 cm³/mol. The number of nitrogens with zero attached hydrogens (tertiary/aromatic N) is 1. The Kier molecular flexibility index (Phi) is 4.38. The summed E-state index contributed by atoms with van der Waals surface area (Å²) >= 11 is 5.22. The third kappa shape index (κ3) is 3.77. The molecule has 1 rings (SSSR count). The number of hydrogen-bond acceptors (Lipinski definition) is 3. The van der Waals surface area contributed by atoms with Gasteiger partial charge >= 0.3 is 0 Å². The smallest absolute Gasteiger partial charge is 0.0639 e. The van der Waals surface area contributed by atoms with Crippen LogP contribution in [0, 0.1) is 0 Å². The van der Waals surface area contributed by atoms with Crippen LogP contribution in [0.2, 0.25) is 0 Å². The highest BCUT2D eigenvalue weighted by molar-refractivity contribution is 9.10. The second-order valence-electron chi connectivity index (χ2n) is 3.24. The van der Waals surface area contributed by atoms with Crippen molar-refractivity contribution in [3.63, 3.8) is 0 Å². The molecule has 13 heavy (non-hydrogen) atoms. The third-order valence-corrected chi connectivity index (χ3v) is 3.59. The quantitative estimate of drug-likeness (QED) is 0.902. The molecule has 0 radical (unpaired) electrons. The highest BCUT2D eigenvalue weighted by atomic mass is 79.9. The first-order valence-electron chi connectivity index (χ1n) is 4.18. The first-order chi connectivity index (χ1) is 6.09. The van der Waals surface area contributed by atoms with Crippen LogP contribution in [0.15, 0.2) is 15.9 Å². The minimum Gasteiger partial charge on any atom is -0.392 e. The lowest BCUT2D eigenvalue weighted by Crippen LogP contribution is -2.26. The van der Waals surface area contributed by atoms with E-state index in [2.05, 4.69) is 32.3 Å². The van der Waals surface area contributed by atoms with Crippen LogP contribution in [0.1, 0.15) is 11.8 Å². The number of aliphatic hydroxyl groups is 1. The minimum absolute atomic E-state index is 0.260. The standard InChI is InChI=1S/C9H14BrNOS/c1-7(12)5-11(2)6-9-8(10)3-4-13-9/h3-4,7,12H,5-6H2,1-2H3. The Balaban J connectivity index is 2.45. The predicted octanol–water partition coefficient (Wildman–Crippen LogP) is 2.32. The summed E-state index contributed by atoms with van der Waals surface area (Å²) < 4.78 is 1.16. The number of hydrogen-bond donors (Lipinski definition) is 1. The molecule has 0 spiro atoms. The second-order valence-corrected chi connectivity index (χ2v) is 5.09. The monoisotopic (exact) mass is 263 g/mol. The normalized spacial score (nSPS) is 13.6. The molecule has 0 saturated heterocycles. The van der Waals surface area contributed by atoms with Gasteiger partial charge in [0.2, 0.25) is 0 Å². The molecule has 2 nitrogen and oxygen atoms in total. The van der Waals surface area contributed by atoms with Crippen molar-refractivity contribution in [2.75, 3.05) is 13.6 Å². The molecule has 0 saturated carbocycles. The summed E-state index contributed by atoms with van der Waals surface area (Å²) in [6, 6.07) is 2.05. The third-order valence-electron chi connectivity index (χ3n) is 1.68. The van der Waals surface area contributed by atoms with Crippen molar-refractivity contribution in [1.29, 1.82) is 0 Å². The maximum atomic E-state index is 9.17. The van der Waals surface area contributed by atoms with E-state index in [1.807, 2.05) is 7.05 Å². The Morgan fingerprint density at radius 3 is 2.85 bits per heavy atom. The lowest BCUT2D eigenvalue weighted by molar-refractivity contribution is 0.139. The van der Waals surface area contributed by atoms with Crippen LogP contribution >= 0.6 is 27.3 Å². The number of halogens is 1. The Bertz CT molecular complexity index is 262.